The Morgan fingerprint density at radius 3 is 2.82 bits per heavy atom. The maximum atomic E-state index is 9.20. The van der Waals surface area contributed by atoms with Crippen molar-refractivity contribution in [2.75, 3.05) is 6.54 Å². The zero-order chi connectivity index (χ0) is 12.4. The minimum absolute atomic E-state index is 0.0752. The van der Waals surface area contributed by atoms with E-state index in [0.717, 1.165) is 48.9 Å². The molecule has 1 aromatic heterocycles. The molecule has 96 valence electrons. The number of rotatable bonds is 5. The summed E-state index contributed by atoms with van der Waals surface area (Å²) in [5, 5.41) is 17.7. The second-order valence-electron chi connectivity index (χ2n) is 4.78. The van der Waals surface area contributed by atoms with Crippen LogP contribution in [0.5, 0.6) is 0 Å². The van der Waals surface area contributed by atoms with E-state index in [1.807, 2.05) is 11.6 Å². The van der Waals surface area contributed by atoms with Gasteiger partial charge in [0, 0.05) is 13.1 Å². The number of hydrogen-bond donors (Lipinski definition) is 2. The van der Waals surface area contributed by atoms with Crippen molar-refractivity contribution in [2.24, 2.45) is 5.92 Å². The van der Waals surface area contributed by atoms with Crippen LogP contribution in [0.4, 0.5) is 0 Å². The highest BCUT2D eigenvalue weighted by molar-refractivity contribution is 6.31. The smallest absolute Gasteiger partial charge is 0.0860 e. The number of halogens is 1. The second kappa shape index (κ2) is 5.38. The van der Waals surface area contributed by atoms with E-state index >= 15 is 0 Å². The fraction of sp³-hybridized carbons (Fsp3) is 0.750. The van der Waals surface area contributed by atoms with Gasteiger partial charge >= 0.3 is 0 Å². The lowest BCUT2D eigenvalue weighted by molar-refractivity contribution is 0.0429. The van der Waals surface area contributed by atoms with E-state index in [4.69, 9.17) is 11.6 Å². The molecule has 0 spiro atoms. The van der Waals surface area contributed by atoms with Gasteiger partial charge in [0.1, 0.15) is 0 Å². The first-order valence-electron chi connectivity index (χ1n) is 6.22. The predicted molar refractivity (Wildman–Crippen MR) is 68.1 cm³/mol. The molecule has 2 N–H and O–H groups in total. The van der Waals surface area contributed by atoms with Gasteiger partial charge in [-0.1, -0.05) is 11.6 Å². The molecule has 17 heavy (non-hydrogen) atoms. The van der Waals surface area contributed by atoms with Crippen LogP contribution in [0.2, 0.25) is 5.02 Å². The number of aliphatic hydroxyl groups is 1. The standard InChI is InChI=1S/C12H20ClN3O/c1-3-16-11(12(13)8(2)15-16)7-14-6-9-4-10(17)5-9/h9-10,14,17H,3-7H2,1-2H3. The van der Waals surface area contributed by atoms with Crippen LogP contribution < -0.4 is 5.32 Å². The molecule has 0 unspecified atom stereocenters. The highest BCUT2D eigenvalue weighted by atomic mass is 35.5. The average molecular weight is 258 g/mol. The number of aryl methyl sites for hydroxylation is 2. The van der Waals surface area contributed by atoms with Gasteiger partial charge < -0.3 is 10.4 Å². The molecule has 0 aromatic carbocycles. The van der Waals surface area contributed by atoms with Gasteiger partial charge in [0.05, 0.1) is 22.5 Å². The summed E-state index contributed by atoms with van der Waals surface area (Å²) in [6.45, 7) is 6.53. The Kier molecular flexibility index (Phi) is 4.07. The molecule has 1 aromatic rings. The van der Waals surface area contributed by atoms with Gasteiger partial charge in [-0.3, -0.25) is 4.68 Å². The fourth-order valence-electron chi connectivity index (χ4n) is 2.30. The summed E-state index contributed by atoms with van der Waals surface area (Å²) >= 11 is 6.22. The van der Waals surface area contributed by atoms with Crippen molar-refractivity contribution in [3.05, 3.63) is 16.4 Å². The van der Waals surface area contributed by atoms with Crippen LogP contribution in [0.25, 0.3) is 0 Å². The van der Waals surface area contributed by atoms with E-state index in [0.29, 0.717) is 5.92 Å². The topological polar surface area (TPSA) is 50.1 Å². The molecule has 0 radical (unpaired) electrons. The molecule has 1 fully saturated rings. The van der Waals surface area contributed by atoms with Gasteiger partial charge in [-0.15, -0.1) is 0 Å². The van der Waals surface area contributed by atoms with Crippen molar-refractivity contribution in [2.45, 2.75) is 45.9 Å². The fourth-order valence-corrected chi connectivity index (χ4v) is 2.50. The highest BCUT2D eigenvalue weighted by Gasteiger charge is 2.26. The lowest BCUT2D eigenvalue weighted by Crippen LogP contribution is -2.36. The van der Waals surface area contributed by atoms with Crippen LogP contribution in [0, 0.1) is 12.8 Å². The molecular formula is C12H20ClN3O. The molecule has 0 saturated heterocycles. The Morgan fingerprint density at radius 2 is 2.24 bits per heavy atom. The van der Waals surface area contributed by atoms with Crippen molar-refractivity contribution in [3.63, 3.8) is 0 Å². The average Bonchev–Trinajstić information content (AvgIpc) is 2.54. The lowest BCUT2D eigenvalue weighted by atomic mass is 9.82. The minimum Gasteiger partial charge on any atom is -0.393 e. The Bertz CT molecular complexity index is 385. The van der Waals surface area contributed by atoms with Crippen LogP contribution in [-0.2, 0) is 13.1 Å². The molecule has 4 nitrogen and oxygen atoms in total. The van der Waals surface area contributed by atoms with Crippen molar-refractivity contribution >= 4 is 11.6 Å². The molecule has 0 bridgehead atoms. The molecule has 1 aliphatic rings. The Balaban J connectivity index is 1.85. The largest absolute Gasteiger partial charge is 0.393 e. The molecule has 5 heteroatoms. The Morgan fingerprint density at radius 1 is 1.53 bits per heavy atom. The molecule has 1 saturated carbocycles. The molecule has 1 heterocycles. The van der Waals surface area contributed by atoms with Gasteiger partial charge in [0.25, 0.3) is 0 Å². The molecule has 1 aliphatic carbocycles. The maximum absolute atomic E-state index is 9.20. The summed E-state index contributed by atoms with van der Waals surface area (Å²) in [5.41, 5.74) is 1.95. The highest BCUT2D eigenvalue weighted by Crippen LogP contribution is 2.26. The normalized spacial score (nSPS) is 23.8. The van der Waals surface area contributed by atoms with E-state index in [-0.39, 0.29) is 6.10 Å². The van der Waals surface area contributed by atoms with Crippen LogP contribution in [-0.4, -0.2) is 27.5 Å². The van der Waals surface area contributed by atoms with Crippen LogP contribution in [0.15, 0.2) is 0 Å². The number of aliphatic hydroxyl groups excluding tert-OH is 1. The quantitative estimate of drug-likeness (QED) is 0.845. The summed E-state index contributed by atoms with van der Waals surface area (Å²) < 4.78 is 1.94. The van der Waals surface area contributed by atoms with E-state index in [1.165, 1.54) is 0 Å². The van der Waals surface area contributed by atoms with E-state index < -0.39 is 0 Å². The summed E-state index contributed by atoms with van der Waals surface area (Å²) in [6, 6.07) is 0. The summed E-state index contributed by atoms with van der Waals surface area (Å²) in [4.78, 5) is 0. The number of nitrogens with one attached hydrogen (secondary N) is 1. The molecule has 0 amide bonds. The monoisotopic (exact) mass is 257 g/mol. The molecule has 2 rings (SSSR count). The van der Waals surface area contributed by atoms with Gasteiger partial charge in [-0.2, -0.15) is 5.10 Å². The maximum Gasteiger partial charge on any atom is 0.0860 e. The van der Waals surface area contributed by atoms with Gasteiger partial charge in [-0.05, 0) is 39.2 Å². The third kappa shape index (κ3) is 2.81. The van der Waals surface area contributed by atoms with E-state index in [9.17, 15) is 5.11 Å². The molecular weight excluding hydrogens is 238 g/mol. The summed E-state index contributed by atoms with van der Waals surface area (Å²) in [7, 11) is 0. The first-order chi connectivity index (χ1) is 8.11. The first-order valence-corrected chi connectivity index (χ1v) is 6.60. The van der Waals surface area contributed by atoms with Crippen molar-refractivity contribution < 1.29 is 5.11 Å². The Hall–Kier alpha value is -0.580. The third-order valence-electron chi connectivity index (χ3n) is 3.39. The van der Waals surface area contributed by atoms with Crippen LogP contribution in [0.1, 0.15) is 31.2 Å². The third-order valence-corrected chi connectivity index (χ3v) is 3.88. The van der Waals surface area contributed by atoms with E-state index in [2.05, 4.69) is 17.3 Å². The predicted octanol–water partition coefficient (Wildman–Crippen LogP) is 1.73. The minimum atomic E-state index is -0.0752. The molecule has 0 atom stereocenters. The van der Waals surface area contributed by atoms with Crippen molar-refractivity contribution in [3.8, 4) is 0 Å². The summed E-state index contributed by atoms with van der Waals surface area (Å²) in [5.74, 6) is 0.614. The van der Waals surface area contributed by atoms with Crippen molar-refractivity contribution in [1.82, 2.24) is 15.1 Å². The van der Waals surface area contributed by atoms with Gasteiger partial charge in [-0.25, -0.2) is 0 Å². The van der Waals surface area contributed by atoms with Gasteiger partial charge in [0.2, 0.25) is 0 Å². The van der Waals surface area contributed by atoms with Crippen LogP contribution >= 0.6 is 11.6 Å². The zero-order valence-electron chi connectivity index (χ0n) is 10.4. The number of aromatic nitrogens is 2. The first kappa shape index (κ1) is 12.9. The SMILES string of the molecule is CCn1nc(C)c(Cl)c1CNCC1CC(O)C1. The summed E-state index contributed by atoms with van der Waals surface area (Å²) in [6.07, 6.45) is 1.77. The van der Waals surface area contributed by atoms with Crippen LogP contribution in [0.3, 0.4) is 0 Å². The number of nitrogens with zero attached hydrogens (tertiary/aromatic N) is 2. The zero-order valence-corrected chi connectivity index (χ0v) is 11.2. The molecule has 0 aliphatic heterocycles. The lowest BCUT2D eigenvalue weighted by Gasteiger charge is -2.31. The van der Waals surface area contributed by atoms with Gasteiger partial charge in [0.15, 0.2) is 0 Å². The Labute approximate surface area is 107 Å². The second-order valence-corrected chi connectivity index (χ2v) is 5.16. The number of hydrogen-bond acceptors (Lipinski definition) is 3. The van der Waals surface area contributed by atoms with Crippen molar-refractivity contribution in [1.29, 1.82) is 0 Å². The van der Waals surface area contributed by atoms with E-state index in [1.54, 1.807) is 0 Å².